The second-order valence-corrected chi connectivity index (χ2v) is 7.12. The van der Waals surface area contributed by atoms with Crippen LogP contribution in [0.15, 0.2) is 12.1 Å². The number of hydrogen-bond acceptors (Lipinski definition) is 1. The third kappa shape index (κ3) is 3.63. The van der Waals surface area contributed by atoms with Gasteiger partial charge in [0, 0.05) is 5.54 Å². The third-order valence-electron chi connectivity index (χ3n) is 5.28. The van der Waals surface area contributed by atoms with E-state index in [1.807, 2.05) is 0 Å². The standard InChI is InChI=1S/C19H31N/c1-5-17-7-6-9-19(20,10-8-17)13-18-15(3)11-14(2)12-16(18)4/h11-12,17H,5-10,13,20H2,1-4H3. The number of aryl methyl sites for hydroxylation is 3. The summed E-state index contributed by atoms with van der Waals surface area (Å²) in [4.78, 5) is 0. The highest BCUT2D eigenvalue weighted by Gasteiger charge is 2.30. The van der Waals surface area contributed by atoms with Crippen LogP contribution in [0.25, 0.3) is 0 Å². The van der Waals surface area contributed by atoms with Gasteiger partial charge >= 0.3 is 0 Å². The lowest BCUT2D eigenvalue weighted by molar-refractivity contribution is 0.357. The molecule has 1 saturated carbocycles. The lowest BCUT2D eigenvalue weighted by Crippen LogP contribution is -2.42. The SMILES string of the molecule is CCC1CCCC(N)(Cc2c(C)cc(C)cc2C)CC1. The van der Waals surface area contributed by atoms with Gasteiger partial charge in [-0.05, 0) is 69.1 Å². The topological polar surface area (TPSA) is 26.0 Å². The Morgan fingerprint density at radius 1 is 1.10 bits per heavy atom. The van der Waals surface area contributed by atoms with Crippen LogP contribution in [0.2, 0.25) is 0 Å². The zero-order valence-electron chi connectivity index (χ0n) is 13.8. The minimum Gasteiger partial charge on any atom is -0.325 e. The van der Waals surface area contributed by atoms with Gasteiger partial charge in [-0.1, -0.05) is 43.9 Å². The lowest BCUT2D eigenvalue weighted by atomic mass is 9.81. The molecular formula is C19H31N. The predicted molar refractivity (Wildman–Crippen MR) is 88.1 cm³/mol. The van der Waals surface area contributed by atoms with Crippen molar-refractivity contribution in [3.8, 4) is 0 Å². The van der Waals surface area contributed by atoms with Crippen LogP contribution in [0, 0.1) is 26.7 Å². The molecule has 20 heavy (non-hydrogen) atoms. The van der Waals surface area contributed by atoms with Gasteiger partial charge in [0.25, 0.3) is 0 Å². The average Bonchev–Trinajstić information content (AvgIpc) is 2.56. The molecule has 0 heterocycles. The van der Waals surface area contributed by atoms with E-state index in [1.165, 1.54) is 60.8 Å². The summed E-state index contributed by atoms with van der Waals surface area (Å²) in [5, 5.41) is 0. The summed E-state index contributed by atoms with van der Waals surface area (Å²) in [6.45, 7) is 8.98. The maximum Gasteiger partial charge on any atom is 0.0195 e. The summed E-state index contributed by atoms with van der Waals surface area (Å²) < 4.78 is 0. The third-order valence-corrected chi connectivity index (χ3v) is 5.28. The zero-order valence-corrected chi connectivity index (χ0v) is 13.8. The first kappa shape index (κ1) is 15.6. The molecule has 0 aliphatic heterocycles. The molecule has 0 radical (unpaired) electrons. The zero-order chi connectivity index (χ0) is 14.8. The quantitative estimate of drug-likeness (QED) is 0.783. The summed E-state index contributed by atoms with van der Waals surface area (Å²) in [7, 11) is 0. The van der Waals surface area contributed by atoms with E-state index in [9.17, 15) is 0 Å². The summed E-state index contributed by atoms with van der Waals surface area (Å²) in [6, 6.07) is 4.61. The van der Waals surface area contributed by atoms with Crippen molar-refractivity contribution in [1.82, 2.24) is 0 Å². The van der Waals surface area contributed by atoms with Crippen molar-refractivity contribution in [3.05, 3.63) is 34.4 Å². The molecule has 0 spiro atoms. The van der Waals surface area contributed by atoms with Gasteiger partial charge in [0.05, 0.1) is 0 Å². The molecule has 0 bridgehead atoms. The summed E-state index contributed by atoms with van der Waals surface area (Å²) >= 11 is 0. The Labute approximate surface area is 125 Å². The molecule has 2 N–H and O–H groups in total. The van der Waals surface area contributed by atoms with Crippen molar-refractivity contribution in [2.75, 3.05) is 0 Å². The van der Waals surface area contributed by atoms with Crippen LogP contribution in [-0.4, -0.2) is 5.54 Å². The molecule has 0 amide bonds. The summed E-state index contributed by atoms with van der Waals surface area (Å²) in [6.07, 6.45) is 8.76. The molecule has 1 nitrogen and oxygen atoms in total. The highest BCUT2D eigenvalue weighted by molar-refractivity contribution is 5.38. The minimum atomic E-state index is 0.0225. The van der Waals surface area contributed by atoms with Gasteiger partial charge in [0.15, 0.2) is 0 Å². The van der Waals surface area contributed by atoms with E-state index in [1.54, 1.807) is 0 Å². The van der Waals surface area contributed by atoms with Crippen LogP contribution >= 0.6 is 0 Å². The molecule has 112 valence electrons. The van der Waals surface area contributed by atoms with Gasteiger partial charge in [0.2, 0.25) is 0 Å². The van der Waals surface area contributed by atoms with Gasteiger partial charge in [-0.3, -0.25) is 0 Å². The highest BCUT2D eigenvalue weighted by atomic mass is 14.7. The molecule has 0 saturated heterocycles. The number of benzene rings is 1. The molecule has 0 aromatic heterocycles. The van der Waals surface area contributed by atoms with Gasteiger partial charge in [-0.25, -0.2) is 0 Å². The van der Waals surface area contributed by atoms with Crippen molar-refractivity contribution in [2.24, 2.45) is 11.7 Å². The molecule has 2 atom stereocenters. The van der Waals surface area contributed by atoms with E-state index in [-0.39, 0.29) is 5.54 Å². The number of hydrogen-bond donors (Lipinski definition) is 1. The fourth-order valence-corrected chi connectivity index (χ4v) is 3.93. The van der Waals surface area contributed by atoms with Crippen LogP contribution in [0.5, 0.6) is 0 Å². The maximum absolute atomic E-state index is 6.78. The van der Waals surface area contributed by atoms with Gasteiger partial charge in [-0.15, -0.1) is 0 Å². The Morgan fingerprint density at radius 2 is 1.75 bits per heavy atom. The second-order valence-electron chi connectivity index (χ2n) is 7.12. The largest absolute Gasteiger partial charge is 0.325 e. The Hall–Kier alpha value is -0.820. The fraction of sp³-hybridized carbons (Fsp3) is 0.684. The molecule has 1 aromatic rings. The van der Waals surface area contributed by atoms with E-state index in [2.05, 4.69) is 39.8 Å². The number of rotatable bonds is 3. The summed E-state index contributed by atoms with van der Waals surface area (Å²) in [5.41, 5.74) is 12.5. The van der Waals surface area contributed by atoms with E-state index < -0.39 is 0 Å². The predicted octanol–water partition coefficient (Wildman–Crippen LogP) is 4.84. The van der Waals surface area contributed by atoms with E-state index in [0.717, 1.165) is 12.3 Å². The Kier molecular flexibility index (Phi) is 4.90. The lowest BCUT2D eigenvalue weighted by Gasteiger charge is -2.30. The number of nitrogens with two attached hydrogens (primary N) is 1. The van der Waals surface area contributed by atoms with Crippen LogP contribution in [-0.2, 0) is 6.42 Å². The minimum absolute atomic E-state index is 0.0225. The Balaban J connectivity index is 2.16. The van der Waals surface area contributed by atoms with Gasteiger partial charge in [-0.2, -0.15) is 0 Å². The van der Waals surface area contributed by atoms with E-state index in [4.69, 9.17) is 5.73 Å². The van der Waals surface area contributed by atoms with Gasteiger partial charge in [0.1, 0.15) is 0 Å². The van der Waals surface area contributed by atoms with E-state index >= 15 is 0 Å². The van der Waals surface area contributed by atoms with Crippen molar-refractivity contribution >= 4 is 0 Å². The van der Waals surface area contributed by atoms with Gasteiger partial charge < -0.3 is 5.73 Å². The van der Waals surface area contributed by atoms with Crippen LogP contribution < -0.4 is 5.73 Å². The highest BCUT2D eigenvalue weighted by Crippen LogP contribution is 2.34. The Morgan fingerprint density at radius 3 is 2.35 bits per heavy atom. The molecule has 1 aliphatic rings. The first-order valence-corrected chi connectivity index (χ1v) is 8.29. The normalized spacial score (nSPS) is 27.4. The van der Waals surface area contributed by atoms with Crippen molar-refractivity contribution in [1.29, 1.82) is 0 Å². The summed E-state index contributed by atoms with van der Waals surface area (Å²) in [5.74, 6) is 0.903. The van der Waals surface area contributed by atoms with Crippen molar-refractivity contribution in [2.45, 2.75) is 78.2 Å². The van der Waals surface area contributed by atoms with Crippen LogP contribution in [0.1, 0.15) is 67.7 Å². The molecule has 1 fully saturated rings. The molecule has 1 aliphatic carbocycles. The second kappa shape index (κ2) is 6.30. The first-order valence-electron chi connectivity index (χ1n) is 8.29. The first-order chi connectivity index (χ1) is 9.43. The van der Waals surface area contributed by atoms with E-state index in [0.29, 0.717) is 0 Å². The van der Waals surface area contributed by atoms with Crippen LogP contribution in [0.3, 0.4) is 0 Å². The average molecular weight is 273 g/mol. The monoisotopic (exact) mass is 273 g/mol. The molecule has 1 aromatic carbocycles. The molecule has 2 rings (SSSR count). The molecule has 1 heteroatoms. The van der Waals surface area contributed by atoms with Crippen molar-refractivity contribution < 1.29 is 0 Å². The molecular weight excluding hydrogens is 242 g/mol. The Bertz CT molecular complexity index is 440. The van der Waals surface area contributed by atoms with Crippen molar-refractivity contribution in [3.63, 3.8) is 0 Å². The fourth-order valence-electron chi connectivity index (χ4n) is 3.93. The molecule has 2 unspecified atom stereocenters. The smallest absolute Gasteiger partial charge is 0.0195 e. The van der Waals surface area contributed by atoms with Crippen LogP contribution in [0.4, 0.5) is 0 Å². The maximum atomic E-state index is 6.78.